The Kier molecular flexibility index (Phi) is 77.9. The number of rotatable bonds is 87. The van der Waals surface area contributed by atoms with Crippen molar-refractivity contribution in [2.24, 2.45) is 11.8 Å². The van der Waals surface area contributed by atoms with Gasteiger partial charge in [0.05, 0.1) is 26.4 Å². The van der Waals surface area contributed by atoms with Gasteiger partial charge in [-0.2, -0.15) is 0 Å². The van der Waals surface area contributed by atoms with Crippen molar-refractivity contribution >= 4 is 39.5 Å². The minimum Gasteiger partial charge on any atom is -0.462 e. The summed E-state index contributed by atoms with van der Waals surface area (Å²) in [5.41, 5.74) is 0. The van der Waals surface area contributed by atoms with Crippen molar-refractivity contribution in [1.29, 1.82) is 0 Å². The third-order valence-corrected chi connectivity index (χ3v) is 23.0. The maximum Gasteiger partial charge on any atom is 0.472 e. The van der Waals surface area contributed by atoms with Gasteiger partial charge in [-0.1, -0.05) is 420 Å². The molecule has 107 heavy (non-hydrogen) atoms. The lowest BCUT2D eigenvalue weighted by Gasteiger charge is -2.21. The van der Waals surface area contributed by atoms with E-state index in [0.29, 0.717) is 25.7 Å². The summed E-state index contributed by atoms with van der Waals surface area (Å²) in [5, 5.41) is 10.7. The van der Waals surface area contributed by atoms with Crippen LogP contribution >= 0.6 is 15.6 Å². The van der Waals surface area contributed by atoms with E-state index < -0.39 is 97.5 Å². The number of phosphoric ester groups is 2. The predicted octanol–water partition coefficient (Wildman–Crippen LogP) is 27.0. The normalized spacial score (nSPS) is 14.0. The average molecular weight is 1560 g/mol. The molecule has 0 aromatic carbocycles. The Morgan fingerprint density at radius 2 is 0.477 bits per heavy atom. The molecule has 0 aromatic rings. The summed E-state index contributed by atoms with van der Waals surface area (Å²) in [6.45, 7) is 9.68. The second-order valence-electron chi connectivity index (χ2n) is 32.4. The van der Waals surface area contributed by atoms with E-state index in [1.54, 1.807) is 0 Å². The maximum absolute atomic E-state index is 13.2. The van der Waals surface area contributed by atoms with Gasteiger partial charge in [0.1, 0.15) is 19.3 Å². The van der Waals surface area contributed by atoms with Crippen LogP contribution < -0.4 is 0 Å². The van der Waals surface area contributed by atoms with Crippen LogP contribution in [0.3, 0.4) is 0 Å². The maximum atomic E-state index is 13.2. The molecule has 6 atom stereocenters. The highest BCUT2D eigenvalue weighted by Gasteiger charge is 2.31. The Labute approximate surface area is 658 Å². The van der Waals surface area contributed by atoms with E-state index in [9.17, 15) is 43.2 Å². The van der Waals surface area contributed by atoms with Crippen molar-refractivity contribution in [2.75, 3.05) is 39.6 Å². The number of carbonyl (C=O) groups is 4. The third-order valence-electron chi connectivity index (χ3n) is 21.1. The molecule has 0 saturated heterocycles. The minimum atomic E-state index is -4.97. The van der Waals surface area contributed by atoms with Gasteiger partial charge in [-0.25, -0.2) is 9.13 Å². The number of esters is 4. The van der Waals surface area contributed by atoms with Crippen LogP contribution in [0.15, 0.2) is 0 Å². The molecule has 0 aliphatic heterocycles. The van der Waals surface area contributed by atoms with Crippen LogP contribution in [0.2, 0.25) is 0 Å². The van der Waals surface area contributed by atoms with Gasteiger partial charge in [0.2, 0.25) is 0 Å². The molecule has 0 radical (unpaired) electrons. The molecule has 0 bridgehead atoms. The van der Waals surface area contributed by atoms with Gasteiger partial charge in [-0.15, -0.1) is 0 Å². The molecule has 0 heterocycles. The molecule has 17 nitrogen and oxygen atoms in total. The van der Waals surface area contributed by atoms with Gasteiger partial charge in [0.25, 0.3) is 0 Å². The number of phosphoric acid groups is 2. The van der Waals surface area contributed by atoms with E-state index in [2.05, 4.69) is 41.5 Å². The smallest absolute Gasteiger partial charge is 0.462 e. The summed E-state index contributed by atoms with van der Waals surface area (Å²) in [6.07, 6.45) is 72.3. The van der Waals surface area contributed by atoms with Crippen molar-refractivity contribution in [1.82, 2.24) is 0 Å². The summed E-state index contributed by atoms with van der Waals surface area (Å²) in [6, 6.07) is 0. The molecule has 3 unspecified atom stereocenters. The number of carbonyl (C=O) groups excluding carboxylic acids is 4. The average Bonchev–Trinajstić information content (AvgIpc) is 0.906. The number of aliphatic hydroxyl groups excluding tert-OH is 1. The Morgan fingerprint density at radius 1 is 0.271 bits per heavy atom. The van der Waals surface area contributed by atoms with Crippen LogP contribution in [0.1, 0.15) is 472 Å². The van der Waals surface area contributed by atoms with Crippen LogP contribution in [0.25, 0.3) is 0 Å². The fourth-order valence-electron chi connectivity index (χ4n) is 13.7. The number of ether oxygens (including phenoxy) is 4. The van der Waals surface area contributed by atoms with E-state index in [0.717, 1.165) is 102 Å². The summed E-state index contributed by atoms with van der Waals surface area (Å²) in [4.78, 5) is 73.3. The second kappa shape index (κ2) is 79.3. The van der Waals surface area contributed by atoms with E-state index in [1.807, 2.05) is 0 Å². The van der Waals surface area contributed by atoms with Gasteiger partial charge in [-0.3, -0.25) is 37.3 Å². The largest absolute Gasteiger partial charge is 0.472 e. The number of unbranched alkanes of at least 4 members (excludes halogenated alkanes) is 56. The lowest BCUT2D eigenvalue weighted by molar-refractivity contribution is -0.161. The first kappa shape index (κ1) is 105. The zero-order valence-electron chi connectivity index (χ0n) is 70.5. The molecular weight excluding hydrogens is 1390 g/mol. The van der Waals surface area contributed by atoms with Crippen LogP contribution in [-0.2, 0) is 65.4 Å². The topological polar surface area (TPSA) is 237 Å². The molecule has 0 rings (SSSR count). The molecule has 0 saturated carbocycles. The monoisotopic (exact) mass is 1560 g/mol. The first-order valence-corrected chi connectivity index (χ1v) is 48.5. The van der Waals surface area contributed by atoms with Crippen molar-refractivity contribution < 1.29 is 80.2 Å². The zero-order valence-corrected chi connectivity index (χ0v) is 72.2. The van der Waals surface area contributed by atoms with E-state index in [-0.39, 0.29) is 25.7 Å². The van der Waals surface area contributed by atoms with E-state index in [4.69, 9.17) is 37.0 Å². The van der Waals surface area contributed by atoms with E-state index >= 15 is 0 Å². The molecule has 3 N–H and O–H groups in total. The quantitative estimate of drug-likeness (QED) is 0.0222. The summed E-state index contributed by atoms with van der Waals surface area (Å²) in [7, 11) is -9.93. The second-order valence-corrected chi connectivity index (χ2v) is 35.3. The van der Waals surface area contributed by atoms with Crippen LogP contribution in [0, 0.1) is 11.8 Å². The standard InChI is InChI=1S/C88H172O17P2/c1-7-10-12-14-16-18-20-22-24-26-28-30-32-34-36-38-42-46-54-60-66-72-87(92)104-83(76-98-85(90)70-64-58-52-45-41-37-35-33-31-29-27-25-23-21-19-17-15-13-11-8-2)78-102-106(94,95)100-74-82(89)75-101-107(96,97)103-79-84(77-99-86(91)71-65-59-53-49-48-51-57-63-69-81(6)9-3)105-88(93)73-67-61-55-47-43-39-40-44-50-56-62-68-80(4)5/h80-84,89H,7-79H2,1-6H3,(H,94,95)(H,96,97)/t81?,82-,83-,84-/m1/s1. The fourth-order valence-corrected chi connectivity index (χ4v) is 15.3. The number of hydrogen-bond acceptors (Lipinski definition) is 15. The molecule has 0 spiro atoms. The Morgan fingerprint density at radius 3 is 0.710 bits per heavy atom. The predicted molar refractivity (Wildman–Crippen MR) is 442 cm³/mol. The van der Waals surface area contributed by atoms with Gasteiger partial charge >= 0.3 is 39.5 Å². The van der Waals surface area contributed by atoms with Crippen LogP contribution in [0.5, 0.6) is 0 Å². The lowest BCUT2D eigenvalue weighted by Crippen LogP contribution is -2.30. The molecule has 19 heteroatoms. The van der Waals surface area contributed by atoms with Gasteiger partial charge in [-0.05, 0) is 37.5 Å². The first-order chi connectivity index (χ1) is 51.9. The molecular formula is C88H172O17P2. The lowest BCUT2D eigenvalue weighted by atomic mass is 9.99. The van der Waals surface area contributed by atoms with Crippen LogP contribution in [-0.4, -0.2) is 96.7 Å². The van der Waals surface area contributed by atoms with Crippen molar-refractivity contribution in [3.63, 3.8) is 0 Å². The SMILES string of the molecule is CCCCCCCCCCCCCCCCCCCCCCCC(=O)O[C@H](COC(=O)CCCCCCCCCCCCCCCCCCCCCC)COP(=O)(O)OC[C@@H](O)COP(=O)(O)OC[C@@H](COC(=O)CCCCCCCCCCC(C)CC)OC(=O)CCCCCCCCCCCCCC(C)C. The highest BCUT2D eigenvalue weighted by atomic mass is 31.2. The van der Waals surface area contributed by atoms with Gasteiger partial charge in [0.15, 0.2) is 12.2 Å². The first-order valence-electron chi connectivity index (χ1n) is 45.5. The minimum absolute atomic E-state index is 0.106. The van der Waals surface area contributed by atoms with Crippen molar-refractivity contribution in [3.05, 3.63) is 0 Å². The molecule has 0 aliphatic carbocycles. The van der Waals surface area contributed by atoms with Gasteiger partial charge in [0, 0.05) is 25.7 Å². The van der Waals surface area contributed by atoms with Crippen LogP contribution in [0.4, 0.5) is 0 Å². The summed E-state index contributed by atoms with van der Waals surface area (Å²) >= 11 is 0. The molecule has 0 aliphatic rings. The van der Waals surface area contributed by atoms with Gasteiger partial charge < -0.3 is 33.8 Å². The molecule has 0 fully saturated rings. The van der Waals surface area contributed by atoms with E-state index in [1.165, 1.54) is 289 Å². The summed E-state index contributed by atoms with van der Waals surface area (Å²) < 4.78 is 69.0. The highest BCUT2D eigenvalue weighted by Crippen LogP contribution is 2.45. The van der Waals surface area contributed by atoms with Crippen molar-refractivity contribution in [2.45, 2.75) is 490 Å². The molecule has 0 aromatic heterocycles. The molecule has 636 valence electrons. The Bertz CT molecular complexity index is 2050. The zero-order chi connectivity index (χ0) is 78.5. The Hall–Kier alpha value is -1.94. The fraction of sp³-hybridized carbons (Fsp3) is 0.955. The third kappa shape index (κ3) is 80.5. The number of aliphatic hydroxyl groups is 1. The molecule has 0 amide bonds. The Balaban J connectivity index is 5.24. The highest BCUT2D eigenvalue weighted by molar-refractivity contribution is 7.47. The summed E-state index contributed by atoms with van der Waals surface area (Å²) in [5.74, 6) is -0.559. The van der Waals surface area contributed by atoms with Crippen molar-refractivity contribution in [3.8, 4) is 0 Å². The number of hydrogen-bond donors (Lipinski definition) is 3.